The second kappa shape index (κ2) is 3.70. The molecular weight excluding hydrogens is 144 g/mol. The Labute approximate surface area is 64.6 Å². The van der Waals surface area contributed by atoms with Crippen LogP contribution in [0, 0.1) is 0 Å². The third-order valence-electron chi connectivity index (χ3n) is 1.01. The van der Waals surface area contributed by atoms with Crippen molar-refractivity contribution in [3.05, 3.63) is 6.20 Å². The molecule has 0 saturated heterocycles. The molecule has 5 heteroatoms. The van der Waals surface area contributed by atoms with E-state index in [0.717, 1.165) is 6.42 Å². The Kier molecular flexibility index (Phi) is 2.59. The minimum Gasteiger partial charge on any atom is -0.476 e. The van der Waals surface area contributed by atoms with Gasteiger partial charge in [-0.25, -0.2) is 4.98 Å². The number of nitrogens with zero attached hydrogens (tertiary/aromatic N) is 3. The van der Waals surface area contributed by atoms with Crippen molar-refractivity contribution in [2.24, 2.45) is 0 Å². The molecule has 0 saturated carbocycles. The van der Waals surface area contributed by atoms with Gasteiger partial charge in [0, 0.05) is 0 Å². The number of rotatable bonds is 3. The minimum atomic E-state index is 0.161. The van der Waals surface area contributed by atoms with Gasteiger partial charge in [-0.1, -0.05) is 6.92 Å². The standard InChI is InChI=1S/C6H10N4O/c1-2-3-11-5-4-8-6(7)10-9-5/h4H,2-3H2,1H3,(H2,7,8,10). The lowest BCUT2D eigenvalue weighted by Gasteiger charge is -1.99. The molecule has 0 atom stereocenters. The van der Waals surface area contributed by atoms with Gasteiger partial charge in [-0.05, 0) is 6.42 Å². The Morgan fingerprint density at radius 3 is 2.91 bits per heavy atom. The van der Waals surface area contributed by atoms with Gasteiger partial charge in [0.15, 0.2) is 0 Å². The predicted molar refractivity (Wildman–Crippen MR) is 40.0 cm³/mol. The first-order valence-electron chi connectivity index (χ1n) is 3.41. The highest BCUT2D eigenvalue weighted by atomic mass is 16.5. The Bertz CT molecular complexity index is 210. The Morgan fingerprint density at radius 2 is 2.36 bits per heavy atom. The summed E-state index contributed by atoms with van der Waals surface area (Å²) in [5, 5.41) is 7.18. The molecule has 1 rings (SSSR count). The molecule has 1 aromatic rings. The van der Waals surface area contributed by atoms with Crippen molar-refractivity contribution in [3.8, 4) is 5.88 Å². The molecule has 1 heterocycles. The maximum atomic E-state index is 5.22. The van der Waals surface area contributed by atoms with E-state index < -0.39 is 0 Å². The average Bonchev–Trinajstić information content (AvgIpc) is 2.04. The van der Waals surface area contributed by atoms with E-state index in [4.69, 9.17) is 10.5 Å². The molecule has 0 fully saturated rings. The summed E-state index contributed by atoms with van der Waals surface area (Å²) in [6, 6.07) is 0. The van der Waals surface area contributed by atoms with Crippen molar-refractivity contribution in [1.29, 1.82) is 0 Å². The summed E-state index contributed by atoms with van der Waals surface area (Å²) in [4.78, 5) is 3.71. The monoisotopic (exact) mass is 154 g/mol. The predicted octanol–water partition coefficient (Wildman–Crippen LogP) is 0.243. The maximum Gasteiger partial charge on any atom is 0.252 e. The third kappa shape index (κ3) is 2.37. The molecule has 2 N–H and O–H groups in total. The number of hydrogen-bond donors (Lipinski definition) is 1. The Balaban J connectivity index is 2.52. The van der Waals surface area contributed by atoms with Crippen LogP contribution in [0.25, 0.3) is 0 Å². The number of aromatic nitrogens is 3. The second-order valence-electron chi connectivity index (χ2n) is 2.00. The van der Waals surface area contributed by atoms with E-state index in [1.165, 1.54) is 6.20 Å². The van der Waals surface area contributed by atoms with E-state index in [2.05, 4.69) is 15.2 Å². The van der Waals surface area contributed by atoms with Crippen LogP contribution >= 0.6 is 0 Å². The van der Waals surface area contributed by atoms with Crippen LogP contribution in [0.5, 0.6) is 5.88 Å². The van der Waals surface area contributed by atoms with Gasteiger partial charge in [0.05, 0.1) is 12.8 Å². The second-order valence-corrected chi connectivity index (χ2v) is 2.00. The van der Waals surface area contributed by atoms with Gasteiger partial charge in [0.2, 0.25) is 5.95 Å². The molecule has 5 nitrogen and oxygen atoms in total. The normalized spacial score (nSPS) is 9.55. The first kappa shape index (κ1) is 7.71. The molecule has 0 spiro atoms. The summed E-state index contributed by atoms with van der Waals surface area (Å²) >= 11 is 0. The molecule has 0 aromatic carbocycles. The van der Waals surface area contributed by atoms with Crippen LogP contribution in [-0.2, 0) is 0 Å². The summed E-state index contributed by atoms with van der Waals surface area (Å²) < 4.78 is 5.12. The molecule has 0 radical (unpaired) electrons. The SMILES string of the molecule is CCCOc1cnc(N)nn1. The fraction of sp³-hybridized carbons (Fsp3) is 0.500. The zero-order valence-corrected chi connectivity index (χ0v) is 6.32. The molecule has 0 aliphatic rings. The van der Waals surface area contributed by atoms with Gasteiger partial charge >= 0.3 is 0 Å². The molecule has 0 amide bonds. The third-order valence-corrected chi connectivity index (χ3v) is 1.01. The average molecular weight is 154 g/mol. The van der Waals surface area contributed by atoms with E-state index in [-0.39, 0.29) is 5.95 Å². The quantitative estimate of drug-likeness (QED) is 0.675. The van der Waals surface area contributed by atoms with Gasteiger partial charge < -0.3 is 10.5 Å². The molecule has 60 valence electrons. The van der Waals surface area contributed by atoms with Gasteiger partial charge in [-0.2, -0.15) is 0 Å². The Hall–Kier alpha value is -1.39. The number of hydrogen-bond acceptors (Lipinski definition) is 5. The molecule has 0 bridgehead atoms. The molecule has 0 aliphatic carbocycles. The highest BCUT2D eigenvalue weighted by molar-refractivity contribution is 5.13. The van der Waals surface area contributed by atoms with Crippen LogP contribution in [0.3, 0.4) is 0 Å². The van der Waals surface area contributed by atoms with Crippen LogP contribution in [0.2, 0.25) is 0 Å². The van der Waals surface area contributed by atoms with E-state index in [9.17, 15) is 0 Å². The topological polar surface area (TPSA) is 73.9 Å². The van der Waals surface area contributed by atoms with E-state index >= 15 is 0 Å². The summed E-state index contributed by atoms with van der Waals surface area (Å²) in [7, 11) is 0. The minimum absolute atomic E-state index is 0.161. The maximum absolute atomic E-state index is 5.22. The molecule has 0 unspecified atom stereocenters. The first-order valence-corrected chi connectivity index (χ1v) is 3.41. The van der Waals surface area contributed by atoms with E-state index in [1.54, 1.807) is 0 Å². The van der Waals surface area contributed by atoms with Gasteiger partial charge in [-0.15, -0.1) is 10.2 Å². The van der Waals surface area contributed by atoms with Gasteiger partial charge in [0.1, 0.15) is 0 Å². The summed E-state index contributed by atoms with van der Waals surface area (Å²) in [6.07, 6.45) is 2.39. The van der Waals surface area contributed by atoms with Crippen molar-refractivity contribution >= 4 is 5.95 Å². The van der Waals surface area contributed by atoms with Crippen LogP contribution in [0.1, 0.15) is 13.3 Å². The van der Waals surface area contributed by atoms with Crippen molar-refractivity contribution in [2.75, 3.05) is 12.3 Å². The number of ether oxygens (including phenoxy) is 1. The lowest BCUT2D eigenvalue weighted by atomic mass is 10.5. The molecule has 0 aliphatic heterocycles. The van der Waals surface area contributed by atoms with Crippen molar-refractivity contribution in [2.45, 2.75) is 13.3 Å². The van der Waals surface area contributed by atoms with E-state index in [0.29, 0.717) is 12.5 Å². The van der Waals surface area contributed by atoms with Gasteiger partial charge in [-0.3, -0.25) is 0 Å². The van der Waals surface area contributed by atoms with Gasteiger partial charge in [0.25, 0.3) is 5.88 Å². The summed E-state index contributed by atoms with van der Waals surface area (Å²) in [5.41, 5.74) is 5.22. The lowest BCUT2D eigenvalue weighted by molar-refractivity contribution is 0.300. The smallest absolute Gasteiger partial charge is 0.252 e. The molecule has 1 aromatic heterocycles. The Morgan fingerprint density at radius 1 is 1.55 bits per heavy atom. The summed E-state index contributed by atoms with van der Waals surface area (Å²) in [6.45, 7) is 2.64. The van der Waals surface area contributed by atoms with Crippen molar-refractivity contribution < 1.29 is 4.74 Å². The van der Waals surface area contributed by atoms with Crippen molar-refractivity contribution in [1.82, 2.24) is 15.2 Å². The number of nitrogen functional groups attached to an aromatic ring is 1. The van der Waals surface area contributed by atoms with Crippen LogP contribution < -0.4 is 10.5 Å². The number of anilines is 1. The molecular formula is C6H10N4O. The highest BCUT2D eigenvalue weighted by Gasteiger charge is 1.94. The van der Waals surface area contributed by atoms with E-state index in [1.807, 2.05) is 6.92 Å². The largest absolute Gasteiger partial charge is 0.476 e. The fourth-order valence-corrected chi connectivity index (χ4v) is 0.546. The van der Waals surface area contributed by atoms with Crippen LogP contribution in [0.15, 0.2) is 6.20 Å². The van der Waals surface area contributed by atoms with Crippen LogP contribution in [0.4, 0.5) is 5.95 Å². The zero-order chi connectivity index (χ0) is 8.10. The first-order chi connectivity index (χ1) is 5.33. The van der Waals surface area contributed by atoms with Crippen LogP contribution in [-0.4, -0.2) is 21.8 Å². The van der Waals surface area contributed by atoms with Crippen molar-refractivity contribution in [3.63, 3.8) is 0 Å². The zero-order valence-electron chi connectivity index (χ0n) is 6.32. The molecule has 11 heavy (non-hydrogen) atoms. The fourth-order valence-electron chi connectivity index (χ4n) is 0.546. The lowest BCUT2D eigenvalue weighted by Crippen LogP contribution is -2.02. The number of nitrogens with two attached hydrogens (primary N) is 1. The highest BCUT2D eigenvalue weighted by Crippen LogP contribution is 2.01. The summed E-state index contributed by atoms with van der Waals surface area (Å²) in [5.74, 6) is 0.579.